The number of fused-ring (bicyclic) bond motifs is 1. The summed E-state index contributed by atoms with van der Waals surface area (Å²) in [6, 6.07) is 5.38. The van der Waals surface area contributed by atoms with Crippen LogP contribution in [0.5, 0.6) is 0 Å². The van der Waals surface area contributed by atoms with Gasteiger partial charge < -0.3 is 19.9 Å². The number of carbonyl (C=O) groups excluding carboxylic acids is 3. The van der Waals surface area contributed by atoms with Crippen LogP contribution >= 0.6 is 11.3 Å². The number of anilines is 1. The number of nitrogens with zero attached hydrogens (tertiary/aromatic N) is 3. The van der Waals surface area contributed by atoms with Gasteiger partial charge in [0.1, 0.15) is 31.0 Å². The van der Waals surface area contributed by atoms with Crippen molar-refractivity contribution in [1.82, 2.24) is 15.2 Å². The molecular weight excluding hydrogens is 495 g/mol. The van der Waals surface area contributed by atoms with Crippen LogP contribution in [-0.4, -0.2) is 78.1 Å². The highest BCUT2D eigenvalue weighted by atomic mass is 32.1. The minimum Gasteiger partial charge on any atom is -0.365 e. The number of piperidine rings is 1. The summed E-state index contributed by atoms with van der Waals surface area (Å²) < 4.78 is 19.7. The molecule has 198 valence electrons. The molecule has 0 bridgehead atoms. The summed E-state index contributed by atoms with van der Waals surface area (Å²) in [6.07, 6.45) is 1.70. The van der Waals surface area contributed by atoms with E-state index in [4.69, 9.17) is 9.72 Å². The van der Waals surface area contributed by atoms with Crippen molar-refractivity contribution in [3.05, 3.63) is 35.2 Å². The third kappa shape index (κ3) is 5.40. The zero-order valence-electron chi connectivity index (χ0n) is 21.2. The largest absolute Gasteiger partial charge is 0.365 e. The summed E-state index contributed by atoms with van der Waals surface area (Å²) >= 11 is 1.63. The number of carbonyl (C=O) groups is 3. The molecule has 8 nitrogen and oxygen atoms in total. The summed E-state index contributed by atoms with van der Waals surface area (Å²) in [6.45, 7) is 5.57. The smallest absolute Gasteiger partial charge is 0.251 e. The molecular formula is C27H33FN4O4S. The van der Waals surface area contributed by atoms with Crippen LogP contribution in [0.2, 0.25) is 0 Å². The summed E-state index contributed by atoms with van der Waals surface area (Å²) in [7, 11) is 0. The maximum absolute atomic E-state index is 14.4. The fourth-order valence-corrected chi connectivity index (χ4v) is 6.27. The first kappa shape index (κ1) is 25.8. The lowest BCUT2D eigenvalue weighted by Gasteiger charge is -2.28. The van der Waals surface area contributed by atoms with Gasteiger partial charge in [-0.05, 0) is 43.7 Å². The van der Waals surface area contributed by atoms with Crippen molar-refractivity contribution in [3.63, 3.8) is 0 Å². The molecule has 10 heteroatoms. The highest BCUT2D eigenvalue weighted by Gasteiger charge is 2.53. The first-order chi connectivity index (χ1) is 17.8. The number of ether oxygens (including phenoxy) is 1. The molecule has 3 aliphatic rings. The van der Waals surface area contributed by atoms with Gasteiger partial charge in [-0.15, -0.1) is 11.3 Å². The number of benzene rings is 1. The van der Waals surface area contributed by atoms with E-state index >= 15 is 0 Å². The number of alkyl halides is 1. The topological polar surface area (TPSA) is 91.8 Å². The van der Waals surface area contributed by atoms with Crippen LogP contribution in [0.1, 0.15) is 49.9 Å². The zero-order chi connectivity index (χ0) is 26.1. The average Bonchev–Trinajstić information content (AvgIpc) is 3.62. The quantitative estimate of drug-likeness (QED) is 0.592. The molecule has 1 N–H and O–H groups in total. The predicted molar refractivity (Wildman–Crippen MR) is 139 cm³/mol. The molecule has 3 saturated heterocycles. The molecule has 2 amide bonds. The molecule has 3 fully saturated rings. The van der Waals surface area contributed by atoms with Gasteiger partial charge in [0.05, 0.1) is 12.2 Å². The van der Waals surface area contributed by atoms with Gasteiger partial charge in [0.2, 0.25) is 5.91 Å². The number of Topliss-reactive ketones (excluding diaryl/α,β-unsaturated/α-hetero) is 1. The van der Waals surface area contributed by atoms with Crippen LogP contribution in [0.15, 0.2) is 29.6 Å². The Balaban J connectivity index is 1.27. The molecule has 0 spiro atoms. The van der Waals surface area contributed by atoms with E-state index in [1.807, 2.05) is 31.4 Å². The van der Waals surface area contributed by atoms with Gasteiger partial charge in [0, 0.05) is 29.6 Å². The highest BCUT2D eigenvalue weighted by molar-refractivity contribution is 7.14. The maximum atomic E-state index is 14.4. The molecule has 5 rings (SSSR count). The van der Waals surface area contributed by atoms with Crippen LogP contribution < -0.4 is 10.2 Å². The van der Waals surface area contributed by atoms with Crippen molar-refractivity contribution in [1.29, 1.82) is 0 Å². The number of amides is 2. The van der Waals surface area contributed by atoms with Gasteiger partial charge in [0.25, 0.3) is 5.91 Å². The third-order valence-corrected chi connectivity index (χ3v) is 8.18. The molecule has 0 radical (unpaired) electrons. The van der Waals surface area contributed by atoms with E-state index < -0.39 is 30.3 Å². The van der Waals surface area contributed by atoms with E-state index in [2.05, 4.69) is 10.2 Å². The second kappa shape index (κ2) is 10.9. The van der Waals surface area contributed by atoms with Gasteiger partial charge in [-0.2, -0.15) is 0 Å². The zero-order valence-corrected chi connectivity index (χ0v) is 22.0. The monoisotopic (exact) mass is 528 g/mol. The summed E-state index contributed by atoms with van der Waals surface area (Å²) in [5, 5.41) is 5.89. The number of thiazole rings is 1. The van der Waals surface area contributed by atoms with E-state index in [1.165, 1.54) is 24.2 Å². The summed E-state index contributed by atoms with van der Waals surface area (Å²) in [5.41, 5.74) is 2.21. The van der Waals surface area contributed by atoms with E-state index in [-0.39, 0.29) is 30.8 Å². The average molecular weight is 529 g/mol. The number of rotatable bonds is 7. The fraction of sp³-hybridized carbons (Fsp3) is 0.556. The van der Waals surface area contributed by atoms with Gasteiger partial charge >= 0.3 is 0 Å². The normalized spacial score (nSPS) is 24.4. The Morgan fingerprint density at radius 2 is 1.92 bits per heavy atom. The summed E-state index contributed by atoms with van der Waals surface area (Å²) in [5.74, 6) is -1.03. The van der Waals surface area contributed by atoms with Crippen LogP contribution in [0, 0.1) is 5.92 Å². The molecule has 3 aliphatic heterocycles. The molecule has 4 atom stereocenters. The van der Waals surface area contributed by atoms with Crippen molar-refractivity contribution in [2.75, 3.05) is 31.1 Å². The van der Waals surface area contributed by atoms with Crippen LogP contribution in [0.4, 0.5) is 9.52 Å². The molecule has 1 aromatic heterocycles. The number of ketones is 1. The number of nitrogens with one attached hydrogen (secondary N) is 1. The summed E-state index contributed by atoms with van der Waals surface area (Å²) in [4.78, 5) is 47.1. The second-order valence-corrected chi connectivity index (χ2v) is 11.3. The Hall–Kier alpha value is -2.85. The van der Waals surface area contributed by atoms with E-state index in [1.54, 1.807) is 23.5 Å². The van der Waals surface area contributed by atoms with Crippen molar-refractivity contribution in [2.24, 2.45) is 5.92 Å². The lowest BCUT2D eigenvalue weighted by atomic mass is 10.0. The molecule has 0 saturated carbocycles. The van der Waals surface area contributed by atoms with Crippen molar-refractivity contribution in [2.45, 2.75) is 63.9 Å². The fourth-order valence-electron chi connectivity index (χ4n) is 5.38. The molecule has 0 aliphatic carbocycles. The van der Waals surface area contributed by atoms with E-state index in [0.29, 0.717) is 12.0 Å². The van der Waals surface area contributed by atoms with E-state index in [9.17, 15) is 18.8 Å². The Labute approximate surface area is 220 Å². The number of halogens is 1. The van der Waals surface area contributed by atoms with Crippen molar-refractivity contribution < 1.29 is 23.5 Å². The Bertz CT molecular complexity index is 1150. The highest BCUT2D eigenvalue weighted by Crippen LogP contribution is 2.31. The molecule has 37 heavy (non-hydrogen) atoms. The molecule has 4 heterocycles. The molecule has 2 aromatic rings. The molecule has 0 unspecified atom stereocenters. The van der Waals surface area contributed by atoms with Crippen LogP contribution in [0.3, 0.4) is 0 Å². The SMILES string of the molecule is CC(C)C[C@H](NC(=O)c1ccc(-c2csc(N3CCCCC3)n2)cc1)C(=O)N1C[C@H](F)[C@H]2OCC(=O)[C@H]21. The number of hydrogen-bond donors (Lipinski definition) is 1. The van der Waals surface area contributed by atoms with Crippen molar-refractivity contribution >= 4 is 34.1 Å². The predicted octanol–water partition coefficient (Wildman–Crippen LogP) is 3.46. The second-order valence-electron chi connectivity index (χ2n) is 10.5. The Morgan fingerprint density at radius 3 is 2.62 bits per heavy atom. The number of likely N-dealkylation sites (tertiary alicyclic amines) is 1. The maximum Gasteiger partial charge on any atom is 0.251 e. The van der Waals surface area contributed by atoms with Gasteiger partial charge in [-0.1, -0.05) is 26.0 Å². The Morgan fingerprint density at radius 1 is 1.19 bits per heavy atom. The van der Waals surface area contributed by atoms with Crippen molar-refractivity contribution in [3.8, 4) is 11.3 Å². The lowest BCUT2D eigenvalue weighted by Crippen LogP contribution is -2.52. The van der Waals surface area contributed by atoms with Crippen LogP contribution in [-0.2, 0) is 14.3 Å². The van der Waals surface area contributed by atoms with Gasteiger partial charge in [-0.3, -0.25) is 14.4 Å². The lowest BCUT2D eigenvalue weighted by molar-refractivity contribution is -0.138. The Kier molecular flexibility index (Phi) is 7.57. The third-order valence-electron chi connectivity index (χ3n) is 7.28. The number of aromatic nitrogens is 1. The van der Waals surface area contributed by atoms with Gasteiger partial charge in [0.15, 0.2) is 10.9 Å². The standard InChI is InChI=1S/C27H33FN4O4S/c1-16(2)12-20(26(35)32-13-19(28)24-23(32)22(33)14-36-24)29-25(34)18-8-6-17(7-9-18)21-15-37-27(30-21)31-10-4-3-5-11-31/h6-9,15-16,19-20,23-24H,3-5,10-14H2,1-2H3,(H,29,34)/t19-,20-,23+,24+/m0/s1. The number of hydrogen-bond acceptors (Lipinski definition) is 7. The first-order valence-corrected chi connectivity index (χ1v) is 13.9. The van der Waals surface area contributed by atoms with Gasteiger partial charge in [-0.25, -0.2) is 9.37 Å². The molecule has 1 aromatic carbocycles. The van der Waals surface area contributed by atoms with E-state index in [0.717, 1.165) is 29.5 Å². The first-order valence-electron chi connectivity index (χ1n) is 13.0. The minimum absolute atomic E-state index is 0.102. The van der Waals surface area contributed by atoms with Crippen LogP contribution in [0.25, 0.3) is 11.3 Å². The minimum atomic E-state index is -1.41.